The zero-order valence-corrected chi connectivity index (χ0v) is 14.3. The Morgan fingerprint density at radius 3 is 2.74 bits per heavy atom. The van der Waals surface area contributed by atoms with Gasteiger partial charge in [0.05, 0.1) is 12.0 Å². The van der Waals surface area contributed by atoms with Gasteiger partial charge >= 0.3 is 5.97 Å². The third kappa shape index (κ3) is 3.39. The topological polar surface area (TPSA) is 100 Å². The Hall–Kier alpha value is -3.61. The highest BCUT2D eigenvalue weighted by Crippen LogP contribution is 2.20. The number of ether oxygens (including phenoxy) is 1. The first kappa shape index (κ1) is 16.8. The van der Waals surface area contributed by atoms with Crippen LogP contribution in [0.1, 0.15) is 21.5 Å². The summed E-state index contributed by atoms with van der Waals surface area (Å²) in [5, 5.41) is 0.955. The minimum atomic E-state index is -0.971. The lowest BCUT2D eigenvalue weighted by Crippen LogP contribution is -2.49. The van der Waals surface area contributed by atoms with E-state index < -0.39 is 18.0 Å². The van der Waals surface area contributed by atoms with E-state index in [2.05, 4.69) is 15.8 Å². The molecule has 1 unspecified atom stereocenters. The number of para-hydroxylation sites is 1. The lowest BCUT2D eigenvalue weighted by atomic mass is 9.98. The molecule has 0 spiro atoms. The third-order valence-electron chi connectivity index (χ3n) is 4.54. The Bertz CT molecular complexity index is 1040. The minimum Gasteiger partial charge on any atom is -0.448 e. The number of carbonyl (C=O) groups excluding carboxylic acids is 3. The minimum absolute atomic E-state index is 0.109. The van der Waals surface area contributed by atoms with Gasteiger partial charge < -0.3 is 9.72 Å². The van der Waals surface area contributed by atoms with Crippen LogP contribution in [0.4, 0.5) is 0 Å². The summed E-state index contributed by atoms with van der Waals surface area (Å²) >= 11 is 0. The van der Waals surface area contributed by atoms with E-state index in [0.717, 1.165) is 22.0 Å². The monoisotopic (exact) mass is 363 g/mol. The summed E-state index contributed by atoms with van der Waals surface area (Å²) in [4.78, 5) is 39.5. The first-order valence-corrected chi connectivity index (χ1v) is 8.54. The number of nitrogens with one attached hydrogen (secondary N) is 3. The number of carbonyl (C=O) groups is 3. The van der Waals surface area contributed by atoms with E-state index in [4.69, 9.17) is 4.74 Å². The maximum atomic E-state index is 12.3. The lowest BCUT2D eigenvalue weighted by Gasteiger charge is -2.23. The van der Waals surface area contributed by atoms with Crippen LogP contribution in [-0.2, 0) is 27.2 Å². The number of cyclic esters (lactones) is 1. The van der Waals surface area contributed by atoms with Crippen molar-refractivity contribution in [3.05, 3.63) is 71.4 Å². The molecule has 0 saturated carbocycles. The van der Waals surface area contributed by atoms with Crippen LogP contribution in [0.5, 0.6) is 0 Å². The third-order valence-corrected chi connectivity index (χ3v) is 4.54. The Balaban J connectivity index is 1.35. The molecular formula is C20H17N3O4. The fourth-order valence-corrected chi connectivity index (χ4v) is 3.18. The van der Waals surface area contributed by atoms with E-state index in [9.17, 15) is 14.4 Å². The van der Waals surface area contributed by atoms with Crippen LogP contribution in [0, 0.1) is 0 Å². The summed E-state index contributed by atoms with van der Waals surface area (Å²) in [5.74, 6) is -1.47. The van der Waals surface area contributed by atoms with E-state index in [-0.39, 0.29) is 18.7 Å². The molecule has 2 heterocycles. The molecule has 7 nitrogen and oxygen atoms in total. The average Bonchev–Trinajstić information content (AvgIpc) is 3.09. The molecule has 136 valence electrons. The molecule has 27 heavy (non-hydrogen) atoms. The number of rotatable bonds is 3. The molecule has 0 fully saturated rings. The summed E-state index contributed by atoms with van der Waals surface area (Å²) in [6.45, 7) is 0. The van der Waals surface area contributed by atoms with Crippen molar-refractivity contribution in [2.24, 2.45) is 0 Å². The molecule has 0 bridgehead atoms. The molecule has 1 atom stereocenters. The molecule has 1 aliphatic heterocycles. The van der Waals surface area contributed by atoms with Gasteiger partial charge in [0.1, 0.15) is 0 Å². The fraction of sp³-hybridized carbons (Fsp3) is 0.150. The van der Waals surface area contributed by atoms with Gasteiger partial charge in [0.25, 0.3) is 5.91 Å². The molecule has 4 rings (SSSR count). The molecule has 0 radical (unpaired) electrons. The Kier molecular flexibility index (Phi) is 4.33. The lowest BCUT2D eigenvalue weighted by molar-refractivity contribution is -0.134. The highest BCUT2D eigenvalue weighted by Gasteiger charge is 2.31. The average molecular weight is 363 g/mol. The van der Waals surface area contributed by atoms with E-state index in [0.29, 0.717) is 5.56 Å². The smallest absolute Gasteiger partial charge is 0.339 e. The Morgan fingerprint density at radius 1 is 1.07 bits per heavy atom. The quantitative estimate of drug-likeness (QED) is 0.486. The predicted molar refractivity (Wildman–Crippen MR) is 97.6 cm³/mol. The van der Waals surface area contributed by atoms with Crippen LogP contribution in [0.3, 0.4) is 0 Å². The number of H-pyrrole nitrogens is 1. The largest absolute Gasteiger partial charge is 0.448 e. The van der Waals surface area contributed by atoms with Crippen molar-refractivity contribution in [1.29, 1.82) is 0 Å². The maximum absolute atomic E-state index is 12.3. The summed E-state index contributed by atoms with van der Waals surface area (Å²) in [6.07, 6.45) is 1.18. The molecule has 7 heteroatoms. The van der Waals surface area contributed by atoms with Gasteiger partial charge in [0.15, 0.2) is 6.10 Å². The number of hydrogen-bond donors (Lipinski definition) is 3. The van der Waals surface area contributed by atoms with E-state index in [1.807, 2.05) is 24.3 Å². The van der Waals surface area contributed by atoms with Gasteiger partial charge in [-0.3, -0.25) is 20.4 Å². The van der Waals surface area contributed by atoms with E-state index in [1.165, 1.54) is 0 Å². The van der Waals surface area contributed by atoms with Crippen molar-refractivity contribution in [3.63, 3.8) is 0 Å². The van der Waals surface area contributed by atoms with Gasteiger partial charge in [-0.15, -0.1) is 0 Å². The first-order chi connectivity index (χ1) is 13.1. The zero-order chi connectivity index (χ0) is 18.8. The van der Waals surface area contributed by atoms with Crippen LogP contribution >= 0.6 is 0 Å². The number of hydrogen-bond acceptors (Lipinski definition) is 4. The number of benzene rings is 2. The fourth-order valence-electron chi connectivity index (χ4n) is 3.18. The van der Waals surface area contributed by atoms with Gasteiger partial charge in [-0.25, -0.2) is 4.79 Å². The number of aromatic amines is 1. The molecule has 3 aromatic rings. The number of aromatic nitrogens is 1. The van der Waals surface area contributed by atoms with Gasteiger partial charge in [0, 0.05) is 23.5 Å². The van der Waals surface area contributed by atoms with Gasteiger partial charge in [-0.05, 0) is 23.3 Å². The summed E-state index contributed by atoms with van der Waals surface area (Å²) in [7, 11) is 0. The molecule has 0 saturated heterocycles. The van der Waals surface area contributed by atoms with Crippen LogP contribution in [0.25, 0.3) is 10.9 Å². The maximum Gasteiger partial charge on any atom is 0.339 e. The summed E-state index contributed by atoms with van der Waals surface area (Å²) in [6, 6.07) is 14.6. The standard InChI is InChI=1S/C20H17N3O4/c24-18(10-13-11-21-16-8-4-3-6-14(13)16)22-23-19(25)17-9-12-5-1-2-7-15(12)20(26)27-17/h1-8,11,17,21H,9-10H2,(H,22,24)(H,23,25). The zero-order valence-electron chi connectivity index (χ0n) is 14.3. The molecule has 1 aromatic heterocycles. The Morgan fingerprint density at radius 2 is 1.85 bits per heavy atom. The molecular weight excluding hydrogens is 346 g/mol. The van der Waals surface area contributed by atoms with Crippen molar-refractivity contribution in [2.45, 2.75) is 18.9 Å². The van der Waals surface area contributed by atoms with Crippen molar-refractivity contribution in [2.75, 3.05) is 0 Å². The van der Waals surface area contributed by atoms with Crippen molar-refractivity contribution >= 4 is 28.7 Å². The SMILES string of the molecule is O=C(Cc1c[nH]c2ccccc12)NNC(=O)C1Cc2ccccc2C(=O)O1. The van der Waals surface area contributed by atoms with Crippen LogP contribution in [0.2, 0.25) is 0 Å². The second kappa shape index (κ2) is 6.95. The van der Waals surface area contributed by atoms with Gasteiger partial charge in [0.2, 0.25) is 5.91 Å². The van der Waals surface area contributed by atoms with Crippen molar-refractivity contribution in [1.82, 2.24) is 15.8 Å². The highest BCUT2D eigenvalue weighted by molar-refractivity contribution is 5.96. The molecule has 2 amide bonds. The normalized spacial score (nSPS) is 15.7. The molecule has 0 aliphatic carbocycles. The van der Waals surface area contributed by atoms with Crippen LogP contribution in [0.15, 0.2) is 54.7 Å². The number of fused-ring (bicyclic) bond motifs is 2. The van der Waals surface area contributed by atoms with Gasteiger partial charge in [-0.1, -0.05) is 36.4 Å². The second-order valence-corrected chi connectivity index (χ2v) is 6.33. The summed E-state index contributed by atoms with van der Waals surface area (Å²) < 4.78 is 5.16. The number of hydrazine groups is 1. The number of amides is 2. The van der Waals surface area contributed by atoms with E-state index >= 15 is 0 Å². The first-order valence-electron chi connectivity index (χ1n) is 8.54. The summed E-state index contributed by atoms with van der Waals surface area (Å²) in [5.41, 5.74) is 7.70. The second-order valence-electron chi connectivity index (χ2n) is 6.33. The predicted octanol–water partition coefficient (Wildman–Crippen LogP) is 1.64. The van der Waals surface area contributed by atoms with Crippen molar-refractivity contribution < 1.29 is 19.1 Å². The molecule has 1 aliphatic rings. The van der Waals surface area contributed by atoms with Gasteiger partial charge in [-0.2, -0.15) is 0 Å². The van der Waals surface area contributed by atoms with Crippen molar-refractivity contribution in [3.8, 4) is 0 Å². The Labute approximate surface area is 154 Å². The molecule has 3 N–H and O–H groups in total. The van der Waals surface area contributed by atoms with Crippen LogP contribution < -0.4 is 10.9 Å². The highest BCUT2D eigenvalue weighted by atomic mass is 16.5. The number of esters is 1. The molecule has 2 aromatic carbocycles. The van der Waals surface area contributed by atoms with E-state index in [1.54, 1.807) is 30.5 Å². The van der Waals surface area contributed by atoms with Crippen LogP contribution in [-0.4, -0.2) is 28.9 Å².